The minimum absolute atomic E-state index is 0.00500. The van der Waals surface area contributed by atoms with E-state index >= 15 is 0 Å². The van der Waals surface area contributed by atoms with Gasteiger partial charge >= 0.3 is 0 Å². The molecule has 6 heteroatoms. The Kier molecular flexibility index (Phi) is 5.24. The molecule has 2 atom stereocenters. The van der Waals surface area contributed by atoms with Gasteiger partial charge < -0.3 is 10.5 Å². The van der Waals surface area contributed by atoms with Crippen LogP contribution in [0.25, 0.3) is 0 Å². The number of sulfonamides is 1. The molecule has 2 rings (SSSR count). The first kappa shape index (κ1) is 16.3. The molecule has 0 radical (unpaired) electrons. The zero-order valence-electron chi connectivity index (χ0n) is 12.6. The van der Waals surface area contributed by atoms with Crippen LogP contribution in [0.15, 0.2) is 29.2 Å². The molecule has 0 aliphatic heterocycles. The molecule has 21 heavy (non-hydrogen) atoms. The van der Waals surface area contributed by atoms with Crippen molar-refractivity contribution >= 4 is 10.0 Å². The molecule has 2 unspecified atom stereocenters. The highest BCUT2D eigenvalue weighted by molar-refractivity contribution is 7.89. The van der Waals surface area contributed by atoms with Crippen LogP contribution in [0.4, 0.5) is 0 Å². The monoisotopic (exact) mass is 312 g/mol. The maximum Gasteiger partial charge on any atom is 0.244 e. The summed E-state index contributed by atoms with van der Waals surface area (Å²) in [7, 11) is -3.56. The highest BCUT2D eigenvalue weighted by Crippen LogP contribution is 2.32. The van der Waals surface area contributed by atoms with Crippen LogP contribution in [0, 0.1) is 5.92 Å². The van der Waals surface area contributed by atoms with E-state index in [-0.39, 0.29) is 17.0 Å². The third kappa shape index (κ3) is 3.96. The van der Waals surface area contributed by atoms with Gasteiger partial charge in [0.2, 0.25) is 10.0 Å². The predicted octanol–water partition coefficient (Wildman–Crippen LogP) is 1.88. The zero-order valence-corrected chi connectivity index (χ0v) is 13.4. The van der Waals surface area contributed by atoms with Crippen molar-refractivity contribution in [2.75, 3.05) is 6.54 Å². The Balaban J connectivity index is 2.25. The number of benzene rings is 1. The molecule has 0 saturated heterocycles. The van der Waals surface area contributed by atoms with Gasteiger partial charge in [-0.25, -0.2) is 13.1 Å². The molecule has 118 valence electrons. The number of rotatable bonds is 6. The molecule has 1 fully saturated rings. The van der Waals surface area contributed by atoms with Gasteiger partial charge in [0, 0.05) is 12.0 Å². The van der Waals surface area contributed by atoms with Gasteiger partial charge in [0.05, 0.1) is 0 Å². The van der Waals surface area contributed by atoms with E-state index in [1.807, 2.05) is 0 Å². The lowest BCUT2D eigenvalue weighted by Crippen LogP contribution is -2.32. The van der Waals surface area contributed by atoms with Crippen molar-refractivity contribution in [1.29, 1.82) is 0 Å². The minimum Gasteiger partial charge on any atom is -0.489 e. The third-order valence-electron chi connectivity index (χ3n) is 3.70. The summed E-state index contributed by atoms with van der Waals surface area (Å²) in [4.78, 5) is 0.196. The maximum absolute atomic E-state index is 12.4. The average molecular weight is 312 g/mol. The van der Waals surface area contributed by atoms with Gasteiger partial charge in [0.1, 0.15) is 16.7 Å². The summed E-state index contributed by atoms with van der Waals surface area (Å²) in [5, 5.41) is 0. The van der Waals surface area contributed by atoms with Crippen LogP contribution in [0.5, 0.6) is 5.75 Å². The average Bonchev–Trinajstić information content (AvgIpc) is 2.85. The second-order valence-corrected chi connectivity index (χ2v) is 7.49. The zero-order chi connectivity index (χ0) is 15.5. The summed E-state index contributed by atoms with van der Waals surface area (Å²) in [5.74, 6) is 0.717. The SMILES string of the molecule is CC(C)NS(=O)(=O)c1ccccc1OC1CCCC1CN. The van der Waals surface area contributed by atoms with Gasteiger partial charge in [-0.05, 0) is 51.8 Å². The smallest absolute Gasteiger partial charge is 0.244 e. The van der Waals surface area contributed by atoms with E-state index in [1.54, 1.807) is 38.1 Å². The highest BCUT2D eigenvalue weighted by atomic mass is 32.2. The Labute approximate surface area is 126 Å². The van der Waals surface area contributed by atoms with Crippen LogP contribution in [0.1, 0.15) is 33.1 Å². The summed E-state index contributed by atoms with van der Waals surface area (Å²) in [5.41, 5.74) is 5.76. The largest absolute Gasteiger partial charge is 0.489 e. The third-order valence-corrected chi connectivity index (χ3v) is 5.40. The quantitative estimate of drug-likeness (QED) is 0.840. The van der Waals surface area contributed by atoms with Gasteiger partial charge in [-0.1, -0.05) is 12.1 Å². The Bertz CT molecular complexity index is 572. The van der Waals surface area contributed by atoms with Crippen LogP contribution < -0.4 is 15.2 Å². The minimum atomic E-state index is -3.56. The van der Waals surface area contributed by atoms with Crippen molar-refractivity contribution in [3.63, 3.8) is 0 Å². The number of nitrogens with two attached hydrogens (primary N) is 1. The first-order valence-corrected chi connectivity index (χ1v) is 8.90. The number of hydrogen-bond acceptors (Lipinski definition) is 4. The van der Waals surface area contributed by atoms with E-state index in [2.05, 4.69) is 4.72 Å². The van der Waals surface area contributed by atoms with E-state index in [0.29, 0.717) is 18.2 Å². The normalized spacial score (nSPS) is 22.7. The Morgan fingerprint density at radius 3 is 2.71 bits per heavy atom. The predicted molar refractivity (Wildman–Crippen MR) is 82.7 cm³/mol. The molecule has 3 N–H and O–H groups in total. The molecule has 0 amide bonds. The molecule has 1 aliphatic carbocycles. The second-order valence-electron chi connectivity index (χ2n) is 5.81. The summed E-state index contributed by atoms with van der Waals surface area (Å²) < 4.78 is 33.3. The number of nitrogens with one attached hydrogen (secondary N) is 1. The van der Waals surface area contributed by atoms with Gasteiger partial charge in [0.25, 0.3) is 0 Å². The molecule has 5 nitrogen and oxygen atoms in total. The fourth-order valence-electron chi connectivity index (χ4n) is 2.73. The standard InChI is InChI=1S/C15H24N2O3S/c1-11(2)17-21(18,19)15-9-4-3-7-14(15)20-13-8-5-6-12(13)10-16/h3-4,7,9,11-13,17H,5-6,8,10,16H2,1-2H3. The summed E-state index contributed by atoms with van der Waals surface area (Å²) in [6, 6.07) is 6.62. The van der Waals surface area contributed by atoms with Crippen molar-refractivity contribution in [1.82, 2.24) is 4.72 Å². The molecule has 1 aromatic carbocycles. The molecule has 0 spiro atoms. The number of hydrogen-bond donors (Lipinski definition) is 2. The molecular weight excluding hydrogens is 288 g/mol. The maximum atomic E-state index is 12.4. The molecular formula is C15H24N2O3S. The topological polar surface area (TPSA) is 81.4 Å². The number of para-hydroxylation sites is 1. The van der Waals surface area contributed by atoms with Crippen LogP contribution in [-0.4, -0.2) is 27.1 Å². The van der Waals surface area contributed by atoms with E-state index in [9.17, 15) is 8.42 Å². The van der Waals surface area contributed by atoms with Crippen LogP contribution in [-0.2, 0) is 10.0 Å². The summed E-state index contributed by atoms with van der Waals surface area (Å²) in [6.07, 6.45) is 3.05. The lowest BCUT2D eigenvalue weighted by Gasteiger charge is -2.22. The molecule has 0 bridgehead atoms. The molecule has 1 aliphatic rings. The molecule has 0 heterocycles. The Morgan fingerprint density at radius 2 is 2.05 bits per heavy atom. The van der Waals surface area contributed by atoms with Crippen LogP contribution in [0.3, 0.4) is 0 Å². The summed E-state index contributed by atoms with van der Waals surface area (Å²) >= 11 is 0. The second kappa shape index (κ2) is 6.77. The van der Waals surface area contributed by atoms with E-state index in [4.69, 9.17) is 10.5 Å². The molecule has 0 aromatic heterocycles. The van der Waals surface area contributed by atoms with E-state index < -0.39 is 10.0 Å². The lowest BCUT2D eigenvalue weighted by atomic mass is 10.1. The van der Waals surface area contributed by atoms with Gasteiger partial charge in [-0.2, -0.15) is 0 Å². The fraction of sp³-hybridized carbons (Fsp3) is 0.600. The van der Waals surface area contributed by atoms with Crippen LogP contribution in [0.2, 0.25) is 0 Å². The highest BCUT2D eigenvalue weighted by Gasteiger charge is 2.30. The van der Waals surface area contributed by atoms with Crippen LogP contribution >= 0.6 is 0 Å². The fourth-order valence-corrected chi connectivity index (χ4v) is 4.12. The van der Waals surface area contributed by atoms with Crippen molar-refractivity contribution in [2.24, 2.45) is 11.7 Å². The van der Waals surface area contributed by atoms with Crippen molar-refractivity contribution < 1.29 is 13.2 Å². The van der Waals surface area contributed by atoms with Crippen molar-refractivity contribution in [3.05, 3.63) is 24.3 Å². The van der Waals surface area contributed by atoms with Gasteiger partial charge in [-0.15, -0.1) is 0 Å². The Morgan fingerprint density at radius 1 is 1.33 bits per heavy atom. The lowest BCUT2D eigenvalue weighted by molar-refractivity contribution is 0.158. The molecule has 1 aromatic rings. The van der Waals surface area contributed by atoms with E-state index in [0.717, 1.165) is 19.3 Å². The summed E-state index contributed by atoms with van der Waals surface area (Å²) in [6.45, 7) is 4.16. The Hall–Kier alpha value is -1.11. The van der Waals surface area contributed by atoms with E-state index in [1.165, 1.54) is 0 Å². The first-order chi connectivity index (χ1) is 9.94. The van der Waals surface area contributed by atoms with Crippen molar-refractivity contribution in [2.45, 2.75) is 50.2 Å². The molecule has 1 saturated carbocycles. The van der Waals surface area contributed by atoms with Gasteiger partial charge in [0.15, 0.2) is 0 Å². The first-order valence-electron chi connectivity index (χ1n) is 7.42. The van der Waals surface area contributed by atoms with Gasteiger partial charge in [-0.3, -0.25) is 0 Å². The number of ether oxygens (including phenoxy) is 1. The van der Waals surface area contributed by atoms with Crippen molar-refractivity contribution in [3.8, 4) is 5.75 Å².